The zero-order valence-electron chi connectivity index (χ0n) is 14.3. The Balaban J connectivity index is 1.37. The SMILES string of the molecule is O=C1/C(=C/C2CCN(Cc3ccccc3)CC2)Cc2ccc(O)cc21. The number of carbonyl (C=O) groups excluding carboxylic acids is 1. The molecule has 0 aromatic heterocycles. The number of phenols is 1. The Hall–Kier alpha value is -2.39. The molecule has 1 aliphatic heterocycles. The fraction of sp³-hybridized carbons (Fsp3) is 0.318. The van der Waals surface area contributed by atoms with Crippen molar-refractivity contribution in [3.8, 4) is 5.75 Å². The zero-order valence-corrected chi connectivity index (χ0v) is 14.3. The second-order valence-electron chi connectivity index (χ2n) is 7.14. The van der Waals surface area contributed by atoms with Crippen molar-refractivity contribution in [2.24, 2.45) is 5.92 Å². The van der Waals surface area contributed by atoms with Gasteiger partial charge in [-0.05, 0) is 55.1 Å². The minimum atomic E-state index is 0.0950. The van der Waals surface area contributed by atoms with Crippen molar-refractivity contribution in [2.45, 2.75) is 25.8 Å². The van der Waals surface area contributed by atoms with Crippen LogP contribution in [-0.2, 0) is 13.0 Å². The van der Waals surface area contributed by atoms with Crippen molar-refractivity contribution < 1.29 is 9.90 Å². The lowest BCUT2D eigenvalue weighted by Gasteiger charge is -2.30. The summed E-state index contributed by atoms with van der Waals surface area (Å²) in [5, 5.41) is 9.59. The Kier molecular flexibility index (Phi) is 4.41. The predicted molar refractivity (Wildman–Crippen MR) is 98.7 cm³/mol. The highest BCUT2D eigenvalue weighted by Crippen LogP contribution is 2.31. The van der Waals surface area contributed by atoms with Crippen LogP contribution in [0.4, 0.5) is 0 Å². The quantitative estimate of drug-likeness (QED) is 0.864. The molecule has 1 N–H and O–H groups in total. The van der Waals surface area contributed by atoms with E-state index >= 15 is 0 Å². The Bertz CT molecular complexity index is 802. The van der Waals surface area contributed by atoms with E-state index in [9.17, 15) is 9.90 Å². The molecule has 2 aromatic carbocycles. The molecule has 3 nitrogen and oxygen atoms in total. The number of likely N-dealkylation sites (tertiary alicyclic amines) is 1. The lowest BCUT2D eigenvalue weighted by Crippen LogP contribution is -2.32. The molecular weight excluding hydrogens is 310 g/mol. The van der Waals surface area contributed by atoms with Gasteiger partial charge in [0.05, 0.1) is 0 Å². The summed E-state index contributed by atoms with van der Waals surface area (Å²) in [7, 11) is 0. The van der Waals surface area contributed by atoms with Gasteiger partial charge in [-0.3, -0.25) is 9.69 Å². The van der Waals surface area contributed by atoms with Gasteiger partial charge in [-0.1, -0.05) is 42.5 Å². The Morgan fingerprint density at radius 1 is 1.08 bits per heavy atom. The van der Waals surface area contributed by atoms with E-state index in [0.717, 1.165) is 43.6 Å². The van der Waals surface area contributed by atoms with Gasteiger partial charge in [0.2, 0.25) is 0 Å². The summed E-state index contributed by atoms with van der Waals surface area (Å²) >= 11 is 0. The third kappa shape index (κ3) is 3.52. The number of Topliss-reactive ketones (excluding diaryl/α,β-unsaturated/α-hetero) is 1. The van der Waals surface area contributed by atoms with Crippen LogP contribution in [0.3, 0.4) is 0 Å². The Morgan fingerprint density at radius 3 is 2.60 bits per heavy atom. The van der Waals surface area contributed by atoms with Gasteiger partial charge in [0, 0.05) is 24.1 Å². The highest BCUT2D eigenvalue weighted by Gasteiger charge is 2.27. The van der Waals surface area contributed by atoms with Crippen molar-refractivity contribution in [2.75, 3.05) is 13.1 Å². The van der Waals surface area contributed by atoms with Crippen molar-refractivity contribution in [3.05, 3.63) is 76.9 Å². The molecule has 3 heteroatoms. The second kappa shape index (κ2) is 6.85. The smallest absolute Gasteiger partial charge is 0.189 e. The van der Waals surface area contributed by atoms with E-state index in [1.54, 1.807) is 12.1 Å². The summed E-state index contributed by atoms with van der Waals surface area (Å²) in [6.45, 7) is 3.16. The summed E-state index contributed by atoms with van der Waals surface area (Å²) in [6, 6.07) is 15.7. The summed E-state index contributed by atoms with van der Waals surface area (Å²) < 4.78 is 0. The van der Waals surface area contributed by atoms with E-state index in [0.29, 0.717) is 17.9 Å². The van der Waals surface area contributed by atoms with E-state index in [4.69, 9.17) is 0 Å². The zero-order chi connectivity index (χ0) is 17.2. The first-order valence-electron chi connectivity index (χ1n) is 9.02. The molecule has 1 saturated heterocycles. The summed E-state index contributed by atoms with van der Waals surface area (Å²) in [5.41, 5.74) is 3.98. The maximum atomic E-state index is 12.5. The Morgan fingerprint density at radius 2 is 1.84 bits per heavy atom. The van der Waals surface area contributed by atoms with Gasteiger partial charge in [0.15, 0.2) is 5.78 Å². The molecule has 1 fully saturated rings. The average molecular weight is 333 g/mol. The van der Waals surface area contributed by atoms with E-state index in [1.807, 2.05) is 6.07 Å². The number of allylic oxidation sites excluding steroid dienone is 2. The van der Waals surface area contributed by atoms with Gasteiger partial charge in [0.1, 0.15) is 5.75 Å². The van der Waals surface area contributed by atoms with Crippen molar-refractivity contribution >= 4 is 5.78 Å². The number of carbonyl (C=O) groups is 1. The molecule has 0 amide bonds. The molecule has 0 unspecified atom stereocenters. The molecule has 128 valence electrons. The molecule has 0 bridgehead atoms. The van der Waals surface area contributed by atoms with Gasteiger partial charge in [0.25, 0.3) is 0 Å². The van der Waals surface area contributed by atoms with Crippen LogP contribution in [0.2, 0.25) is 0 Å². The first kappa shape index (κ1) is 16.1. The van der Waals surface area contributed by atoms with Crippen LogP contribution in [0.25, 0.3) is 0 Å². The second-order valence-corrected chi connectivity index (χ2v) is 7.14. The van der Waals surface area contributed by atoms with Crippen LogP contribution in [0, 0.1) is 5.92 Å². The first-order valence-corrected chi connectivity index (χ1v) is 9.02. The normalized spacial score (nSPS) is 20.2. The molecule has 0 atom stereocenters. The predicted octanol–water partition coefficient (Wildman–Crippen LogP) is 3.97. The van der Waals surface area contributed by atoms with Crippen LogP contribution in [-0.4, -0.2) is 28.9 Å². The molecule has 25 heavy (non-hydrogen) atoms. The summed E-state index contributed by atoms with van der Waals surface area (Å²) in [6.07, 6.45) is 5.11. The van der Waals surface area contributed by atoms with Crippen LogP contribution in [0.15, 0.2) is 60.2 Å². The van der Waals surface area contributed by atoms with Crippen LogP contribution in [0.1, 0.15) is 34.3 Å². The fourth-order valence-electron chi connectivity index (χ4n) is 3.93. The first-order chi connectivity index (χ1) is 12.2. The van der Waals surface area contributed by atoms with Crippen molar-refractivity contribution in [1.82, 2.24) is 4.90 Å². The summed E-state index contributed by atoms with van der Waals surface area (Å²) in [4.78, 5) is 15.0. The average Bonchev–Trinajstić information content (AvgIpc) is 2.93. The molecule has 2 aromatic rings. The molecule has 0 saturated carbocycles. The van der Waals surface area contributed by atoms with E-state index in [-0.39, 0.29) is 11.5 Å². The minimum absolute atomic E-state index is 0.0950. The highest BCUT2D eigenvalue weighted by atomic mass is 16.3. The molecule has 1 aliphatic carbocycles. The third-order valence-corrected chi connectivity index (χ3v) is 5.33. The van der Waals surface area contributed by atoms with Gasteiger partial charge in [-0.2, -0.15) is 0 Å². The fourth-order valence-corrected chi connectivity index (χ4v) is 3.93. The van der Waals surface area contributed by atoms with Crippen LogP contribution < -0.4 is 0 Å². The standard InChI is InChI=1S/C22H23NO2/c24-20-7-6-18-13-19(22(25)21(18)14-20)12-16-8-10-23(11-9-16)15-17-4-2-1-3-5-17/h1-7,12,14,16,24H,8-11,13,15H2/b19-12+. The molecule has 1 heterocycles. The molecule has 0 radical (unpaired) electrons. The number of fused-ring (bicyclic) bond motifs is 1. The van der Waals surface area contributed by atoms with Crippen molar-refractivity contribution in [1.29, 1.82) is 0 Å². The molecule has 2 aliphatic rings. The lowest BCUT2D eigenvalue weighted by atomic mass is 9.93. The molecular formula is C22H23NO2. The topological polar surface area (TPSA) is 40.5 Å². The number of phenolic OH excluding ortho intramolecular Hbond substituents is 1. The number of nitrogens with zero attached hydrogens (tertiary/aromatic N) is 1. The largest absolute Gasteiger partial charge is 0.508 e. The summed E-state index contributed by atoms with van der Waals surface area (Å²) in [5.74, 6) is 0.745. The number of benzene rings is 2. The van der Waals surface area contributed by atoms with Crippen LogP contribution in [0.5, 0.6) is 5.75 Å². The van der Waals surface area contributed by atoms with Gasteiger partial charge in [-0.25, -0.2) is 0 Å². The highest BCUT2D eigenvalue weighted by molar-refractivity contribution is 6.13. The minimum Gasteiger partial charge on any atom is -0.508 e. The van der Waals surface area contributed by atoms with Crippen molar-refractivity contribution in [3.63, 3.8) is 0 Å². The Labute approximate surface area is 148 Å². The number of aromatic hydroxyl groups is 1. The number of hydrogen-bond acceptors (Lipinski definition) is 3. The molecule has 4 rings (SSSR count). The monoisotopic (exact) mass is 333 g/mol. The van der Waals surface area contributed by atoms with E-state index in [1.165, 1.54) is 5.56 Å². The number of ketones is 1. The van der Waals surface area contributed by atoms with Crippen LogP contribution >= 0.6 is 0 Å². The maximum absolute atomic E-state index is 12.5. The third-order valence-electron chi connectivity index (χ3n) is 5.33. The van der Waals surface area contributed by atoms with Gasteiger partial charge in [-0.15, -0.1) is 0 Å². The van der Waals surface area contributed by atoms with Gasteiger partial charge >= 0.3 is 0 Å². The number of hydrogen-bond donors (Lipinski definition) is 1. The number of piperidine rings is 1. The number of rotatable bonds is 3. The maximum Gasteiger partial charge on any atom is 0.189 e. The van der Waals surface area contributed by atoms with E-state index < -0.39 is 0 Å². The lowest BCUT2D eigenvalue weighted by molar-refractivity contribution is 0.103. The van der Waals surface area contributed by atoms with Gasteiger partial charge < -0.3 is 5.11 Å². The molecule has 0 spiro atoms. The van der Waals surface area contributed by atoms with E-state index in [2.05, 4.69) is 41.3 Å².